The lowest BCUT2D eigenvalue weighted by atomic mass is 9.63. The van der Waals surface area contributed by atoms with Gasteiger partial charge in [-0.3, -0.25) is 19.8 Å². The number of ether oxygens (including phenoxy) is 2. The van der Waals surface area contributed by atoms with Crippen LogP contribution in [0.3, 0.4) is 0 Å². The third-order valence-electron chi connectivity index (χ3n) is 8.63. The van der Waals surface area contributed by atoms with Crippen LogP contribution in [0.1, 0.15) is 89.9 Å². The molecule has 0 unspecified atom stereocenters. The van der Waals surface area contributed by atoms with Crippen molar-refractivity contribution in [3.8, 4) is 0 Å². The van der Waals surface area contributed by atoms with E-state index in [1.54, 1.807) is 0 Å². The van der Waals surface area contributed by atoms with E-state index >= 15 is 0 Å². The fraction of sp³-hybridized carbons (Fsp3) is 0.529. The highest BCUT2D eigenvalue weighted by atomic mass is 127. The zero-order chi connectivity index (χ0) is 35.9. The largest absolute Gasteiger partial charge is 0.469 e. The number of carbonyl (C=O) groups is 2. The van der Waals surface area contributed by atoms with Crippen molar-refractivity contribution in [2.45, 2.75) is 83.0 Å². The summed E-state index contributed by atoms with van der Waals surface area (Å²) in [4.78, 5) is 40.3. The molecule has 49 heavy (non-hydrogen) atoms. The van der Waals surface area contributed by atoms with Gasteiger partial charge in [-0.05, 0) is 96.2 Å². The highest BCUT2D eigenvalue weighted by Crippen LogP contribution is 2.50. The van der Waals surface area contributed by atoms with Gasteiger partial charge in [0.1, 0.15) is 5.82 Å². The molecule has 0 radical (unpaired) electrons. The number of halogens is 2. The number of aromatic amines is 2. The number of H-pyrrole nitrogens is 2. The molecule has 2 aliphatic carbocycles. The number of nitrogens with one attached hydrogen (secondary N) is 2. The number of esters is 2. The second-order valence-corrected chi connectivity index (χ2v) is 15.3. The second kappa shape index (κ2) is 16.5. The molecule has 264 valence electrons. The molecule has 2 fully saturated rings. The summed E-state index contributed by atoms with van der Waals surface area (Å²) in [6.45, 7) is 9.68. The lowest BCUT2D eigenvalue weighted by molar-refractivity contribution is -0.161. The molecule has 0 spiro atoms. The summed E-state index contributed by atoms with van der Waals surface area (Å²) in [6.07, 6.45) is 4.33. The van der Waals surface area contributed by atoms with Gasteiger partial charge in [0.15, 0.2) is 0 Å². The monoisotopic (exact) mass is 806 g/mol. The first-order valence-electron chi connectivity index (χ1n) is 16.0. The molecule has 3 N–H and O–H groups in total. The van der Waals surface area contributed by atoms with Gasteiger partial charge in [-0.2, -0.15) is 10.2 Å². The van der Waals surface area contributed by atoms with E-state index in [-0.39, 0.29) is 29.7 Å². The summed E-state index contributed by atoms with van der Waals surface area (Å²) in [6, 6.07) is 7.92. The molecule has 0 amide bonds. The van der Waals surface area contributed by atoms with Gasteiger partial charge in [0.2, 0.25) is 5.28 Å². The van der Waals surface area contributed by atoms with Crippen LogP contribution in [-0.4, -0.2) is 82.1 Å². The van der Waals surface area contributed by atoms with Gasteiger partial charge in [0, 0.05) is 45.5 Å². The van der Waals surface area contributed by atoms with Gasteiger partial charge >= 0.3 is 11.9 Å². The number of aliphatic hydroxyl groups is 1. The molecular formula is C34H44ClIN8O5. The first-order chi connectivity index (χ1) is 23.2. The number of hydrogen-bond acceptors (Lipinski definition) is 11. The smallest absolute Gasteiger partial charge is 0.314 e. The summed E-state index contributed by atoms with van der Waals surface area (Å²) in [5.74, 6) is 0.633. The third-order valence-corrected chi connectivity index (χ3v) is 9.68. The first-order valence-corrected chi connectivity index (χ1v) is 17.6. The van der Waals surface area contributed by atoms with Gasteiger partial charge in [0.25, 0.3) is 0 Å². The van der Waals surface area contributed by atoms with Crippen molar-refractivity contribution in [3.63, 3.8) is 0 Å². The number of hydrogen-bond donors (Lipinski definition) is 3. The van der Waals surface area contributed by atoms with Crippen molar-refractivity contribution in [1.29, 1.82) is 0 Å². The van der Waals surface area contributed by atoms with Crippen LogP contribution in [0.15, 0.2) is 24.3 Å². The first kappa shape index (κ1) is 38.3. The molecule has 4 aromatic heterocycles. The summed E-state index contributed by atoms with van der Waals surface area (Å²) >= 11 is 8.04. The van der Waals surface area contributed by atoms with E-state index in [0.29, 0.717) is 16.8 Å². The van der Waals surface area contributed by atoms with Crippen LogP contribution < -0.4 is 0 Å². The maximum Gasteiger partial charge on any atom is 0.314 e. The Morgan fingerprint density at radius 3 is 1.76 bits per heavy atom. The second-order valence-electron chi connectivity index (χ2n) is 13.2. The number of rotatable bonds is 8. The quantitative estimate of drug-likeness (QED) is 0.0915. The molecule has 0 aliphatic heterocycles. The molecule has 0 aromatic carbocycles. The summed E-state index contributed by atoms with van der Waals surface area (Å²) in [5, 5.41) is 23.5. The van der Waals surface area contributed by atoms with Crippen LogP contribution in [0.25, 0.3) is 0 Å². The average molecular weight is 807 g/mol. The number of aryl methyl sites for hydroxylation is 4. The molecule has 15 heteroatoms. The minimum Gasteiger partial charge on any atom is -0.469 e. The number of aliphatic hydroxyl groups excluding tert-OH is 1. The minimum absolute atomic E-state index is 0.0842. The molecule has 0 saturated heterocycles. The van der Waals surface area contributed by atoms with E-state index in [4.69, 9.17) is 26.4 Å². The van der Waals surface area contributed by atoms with Crippen molar-refractivity contribution in [3.05, 3.63) is 80.9 Å². The number of methoxy groups -OCH3 is 2. The predicted molar refractivity (Wildman–Crippen MR) is 191 cm³/mol. The number of alkyl halides is 1. The van der Waals surface area contributed by atoms with Crippen LogP contribution in [0.4, 0.5) is 0 Å². The highest BCUT2D eigenvalue weighted by molar-refractivity contribution is 14.1. The Balaban J connectivity index is 0.000000179. The standard InChI is InChI=1S/C17H22N4O2.C10H11ClN4.C7H11IO3/c1-10-5-13(7-14-6-11(2)20-21-14)19-15(18-10)12-8-17(3,9-12)16(22)23-4;1-6-3-8(13-10(11)12-6)5-9-4-7(2)14-15-9;1-11-6(10)7(4-9)2-5(8)3-7/h5-6,12H,7-9H2,1-4H3,(H,20,21);3-4H,5H2,1-2H3,(H,14,15);5,9H,2-4H2,1H3. The molecule has 4 aromatic rings. The Morgan fingerprint density at radius 1 is 0.816 bits per heavy atom. The highest BCUT2D eigenvalue weighted by Gasteiger charge is 2.50. The fourth-order valence-electron chi connectivity index (χ4n) is 6.11. The van der Waals surface area contributed by atoms with E-state index in [1.807, 2.05) is 58.9 Å². The molecule has 2 aliphatic rings. The van der Waals surface area contributed by atoms with E-state index in [9.17, 15) is 9.59 Å². The van der Waals surface area contributed by atoms with E-state index in [1.165, 1.54) is 14.2 Å². The fourth-order valence-corrected chi connectivity index (χ4v) is 8.03. The van der Waals surface area contributed by atoms with Crippen molar-refractivity contribution in [2.24, 2.45) is 10.8 Å². The summed E-state index contributed by atoms with van der Waals surface area (Å²) < 4.78 is 9.99. The molecular weight excluding hydrogens is 763 g/mol. The Labute approximate surface area is 304 Å². The maximum absolute atomic E-state index is 11.8. The maximum atomic E-state index is 11.8. The molecule has 4 heterocycles. The SMILES string of the molecule is COC(=O)C1(C)CC(c2nc(C)cc(Cc3cc(C)[nH]n3)n2)C1.COC(=O)C1(CO)CC(I)C1.Cc1cc(Cc2cc(C)[nH]n2)nc(Cl)n1. The van der Waals surface area contributed by atoms with Crippen molar-refractivity contribution < 1.29 is 24.2 Å². The van der Waals surface area contributed by atoms with E-state index in [2.05, 4.69) is 62.7 Å². The van der Waals surface area contributed by atoms with Crippen molar-refractivity contribution in [2.75, 3.05) is 20.8 Å². The van der Waals surface area contributed by atoms with Gasteiger partial charge in [-0.25, -0.2) is 19.9 Å². The Hall–Kier alpha value is -3.50. The Morgan fingerprint density at radius 2 is 1.33 bits per heavy atom. The third kappa shape index (κ3) is 10.0. The van der Waals surface area contributed by atoms with Crippen molar-refractivity contribution >= 4 is 46.1 Å². The molecule has 0 bridgehead atoms. The number of aromatic nitrogens is 8. The predicted octanol–water partition coefficient (Wildman–Crippen LogP) is 5.26. The van der Waals surface area contributed by atoms with Gasteiger partial charge < -0.3 is 14.6 Å². The van der Waals surface area contributed by atoms with Crippen LogP contribution >= 0.6 is 34.2 Å². The van der Waals surface area contributed by atoms with Gasteiger partial charge in [0.05, 0.1) is 54.4 Å². The molecule has 0 atom stereocenters. The average Bonchev–Trinajstić information content (AvgIpc) is 3.62. The van der Waals surface area contributed by atoms with Gasteiger partial charge in [-0.1, -0.05) is 22.6 Å². The zero-order valence-corrected chi connectivity index (χ0v) is 31.8. The topological polar surface area (TPSA) is 182 Å². The molecule has 2 saturated carbocycles. The van der Waals surface area contributed by atoms with Crippen molar-refractivity contribution in [1.82, 2.24) is 40.3 Å². The molecule has 6 rings (SSSR count). The Kier molecular flexibility index (Phi) is 12.9. The van der Waals surface area contributed by atoms with Crippen LogP contribution in [0.5, 0.6) is 0 Å². The zero-order valence-electron chi connectivity index (χ0n) is 28.9. The van der Waals surface area contributed by atoms with Crippen LogP contribution in [0, 0.1) is 38.5 Å². The van der Waals surface area contributed by atoms with E-state index in [0.717, 1.165) is 77.1 Å². The van der Waals surface area contributed by atoms with Crippen LogP contribution in [0.2, 0.25) is 5.28 Å². The normalized spacial score (nSPS) is 22.3. The number of carbonyl (C=O) groups excluding carboxylic acids is 2. The molecule has 13 nitrogen and oxygen atoms in total. The number of nitrogens with zero attached hydrogens (tertiary/aromatic N) is 6. The van der Waals surface area contributed by atoms with E-state index < -0.39 is 10.8 Å². The Bertz CT molecular complexity index is 1730. The van der Waals surface area contributed by atoms with Gasteiger partial charge in [-0.15, -0.1) is 0 Å². The summed E-state index contributed by atoms with van der Waals surface area (Å²) in [7, 11) is 2.80. The lowest BCUT2D eigenvalue weighted by Crippen LogP contribution is -2.47. The lowest BCUT2D eigenvalue weighted by Gasteiger charge is -2.41. The summed E-state index contributed by atoms with van der Waals surface area (Å²) in [5.41, 5.74) is 6.72. The van der Waals surface area contributed by atoms with Crippen LogP contribution in [-0.2, 0) is 31.9 Å². The minimum atomic E-state index is -0.569.